The maximum Gasteiger partial charge on any atom is 0.268 e. The molecule has 6 amide bonds. The van der Waals surface area contributed by atoms with Gasteiger partial charge in [-0.25, -0.2) is 9.80 Å². The summed E-state index contributed by atoms with van der Waals surface area (Å²) in [7, 11) is 0. The summed E-state index contributed by atoms with van der Waals surface area (Å²) in [4.78, 5) is 76.7. The number of fused-ring (bicyclic) bond motifs is 2. The molecule has 2 aliphatic heterocycles. The van der Waals surface area contributed by atoms with Crippen molar-refractivity contribution in [3.8, 4) is 0 Å². The number of amides is 6. The molecule has 8 heteroatoms. The van der Waals surface area contributed by atoms with Crippen LogP contribution in [0.5, 0.6) is 0 Å². The molecule has 8 nitrogen and oxygen atoms in total. The first-order valence-corrected chi connectivity index (χ1v) is 9.54. The molecule has 0 saturated heterocycles. The van der Waals surface area contributed by atoms with Crippen molar-refractivity contribution < 1.29 is 28.8 Å². The van der Waals surface area contributed by atoms with Gasteiger partial charge in [-0.3, -0.25) is 28.8 Å². The monoisotopic (exact) mass is 424 g/mol. The molecule has 0 N–H and O–H groups in total. The van der Waals surface area contributed by atoms with Crippen LogP contribution in [0.25, 0.3) is 0 Å². The zero-order chi connectivity index (χ0) is 22.6. The second-order valence-electron chi connectivity index (χ2n) is 7.17. The van der Waals surface area contributed by atoms with Gasteiger partial charge < -0.3 is 0 Å². The Morgan fingerprint density at radius 1 is 0.438 bits per heavy atom. The zero-order valence-corrected chi connectivity index (χ0v) is 16.3. The predicted molar refractivity (Wildman–Crippen MR) is 109 cm³/mol. The van der Waals surface area contributed by atoms with Crippen molar-refractivity contribution in [3.63, 3.8) is 0 Å². The van der Waals surface area contributed by atoms with E-state index in [0.717, 1.165) is 0 Å². The van der Waals surface area contributed by atoms with Crippen LogP contribution in [0.2, 0.25) is 0 Å². The van der Waals surface area contributed by atoms with E-state index in [4.69, 9.17) is 0 Å². The summed E-state index contributed by atoms with van der Waals surface area (Å²) in [6, 6.07) is 17.3. The minimum Gasteiger partial charge on any atom is -0.268 e. The number of rotatable bonds is 2. The molecule has 5 rings (SSSR count). The quantitative estimate of drug-likeness (QED) is 0.585. The van der Waals surface area contributed by atoms with E-state index in [1.54, 1.807) is 24.3 Å². The van der Waals surface area contributed by atoms with Crippen LogP contribution in [-0.2, 0) is 0 Å². The molecule has 3 aromatic rings. The molecule has 2 aliphatic rings. The fraction of sp³-hybridized carbons (Fsp3) is 0. The van der Waals surface area contributed by atoms with Gasteiger partial charge in [-0.2, -0.15) is 0 Å². The van der Waals surface area contributed by atoms with Crippen LogP contribution >= 0.6 is 0 Å². The van der Waals surface area contributed by atoms with Crippen LogP contribution in [0.15, 0.2) is 72.8 Å². The molecule has 0 fully saturated rings. The van der Waals surface area contributed by atoms with E-state index in [9.17, 15) is 28.8 Å². The molecule has 154 valence electrons. The topological polar surface area (TPSA) is 109 Å². The molecule has 3 aromatic carbocycles. The van der Waals surface area contributed by atoms with Crippen LogP contribution < -0.4 is 0 Å². The molecule has 0 aromatic heterocycles. The smallest absolute Gasteiger partial charge is 0.268 e. The molecule has 0 spiro atoms. The highest BCUT2D eigenvalue weighted by molar-refractivity contribution is 6.32. The minimum absolute atomic E-state index is 0.00147. The summed E-state index contributed by atoms with van der Waals surface area (Å²) in [5.41, 5.74) is 0.565. The third-order valence-electron chi connectivity index (χ3n) is 5.37. The minimum atomic E-state index is -0.837. The summed E-state index contributed by atoms with van der Waals surface area (Å²) < 4.78 is 0. The molecule has 0 aliphatic carbocycles. The summed E-state index contributed by atoms with van der Waals surface area (Å²) in [5.74, 6) is -4.56. The van der Waals surface area contributed by atoms with Crippen molar-refractivity contribution in [2.45, 2.75) is 0 Å². The average molecular weight is 424 g/mol. The Morgan fingerprint density at radius 3 is 0.938 bits per heavy atom. The van der Waals surface area contributed by atoms with Crippen molar-refractivity contribution >= 4 is 35.4 Å². The molecule has 0 bridgehead atoms. The van der Waals surface area contributed by atoms with Crippen LogP contribution in [0.1, 0.15) is 62.1 Å². The van der Waals surface area contributed by atoms with Crippen molar-refractivity contribution in [2.75, 3.05) is 0 Å². The number of hydrogen-bond donors (Lipinski definition) is 0. The summed E-state index contributed by atoms with van der Waals surface area (Å²) in [6.45, 7) is 0. The molecular formula is C24H12N2O6. The zero-order valence-electron chi connectivity index (χ0n) is 16.3. The molecular weight excluding hydrogens is 412 g/mol. The van der Waals surface area contributed by atoms with E-state index >= 15 is 0 Å². The van der Waals surface area contributed by atoms with E-state index in [-0.39, 0.29) is 33.4 Å². The SMILES string of the molecule is O=C(c1ccc(C(=O)N2C(=O)c3ccccc3C2=O)cc1)N1C(=O)c2ccccc2C1=O. The first-order chi connectivity index (χ1) is 15.4. The van der Waals surface area contributed by atoms with Crippen LogP contribution in [0.3, 0.4) is 0 Å². The van der Waals surface area contributed by atoms with Gasteiger partial charge in [-0.15, -0.1) is 0 Å². The summed E-state index contributed by atoms with van der Waals surface area (Å²) in [5, 5.41) is 0. The Labute approximate surface area is 180 Å². The fourth-order valence-corrected chi connectivity index (χ4v) is 3.76. The Kier molecular flexibility index (Phi) is 4.16. The van der Waals surface area contributed by atoms with Crippen LogP contribution in [0, 0.1) is 0 Å². The maximum absolute atomic E-state index is 12.8. The highest BCUT2D eigenvalue weighted by Crippen LogP contribution is 2.26. The third kappa shape index (κ3) is 2.63. The lowest BCUT2D eigenvalue weighted by Gasteiger charge is -2.14. The van der Waals surface area contributed by atoms with Crippen LogP contribution in [-0.4, -0.2) is 45.2 Å². The largest absolute Gasteiger partial charge is 0.268 e. The first kappa shape index (κ1) is 19.3. The lowest BCUT2D eigenvalue weighted by atomic mass is 10.1. The standard InChI is InChI=1S/C24H12N2O6/c27-19(25-21(29)15-5-1-2-6-16(15)22(25)30)13-9-11-14(12-10-13)20(28)26-23(31)17-7-3-4-8-18(17)24(26)32/h1-12H. The van der Waals surface area contributed by atoms with Gasteiger partial charge in [0.25, 0.3) is 35.4 Å². The molecule has 0 atom stereocenters. The van der Waals surface area contributed by atoms with E-state index < -0.39 is 35.4 Å². The predicted octanol–water partition coefficient (Wildman–Crippen LogP) is 2.56. The third-order valence-corrected chi connectivity index (χ3v) is 5.37. The first-order valence-electron chi connectivity index (χ1n) is 9.54. The van der Waals surface area contributed by atoms with Crippen molar-refractivity contribution in [1.29, 1.82) is 0 Å². The highest BCUT2D eigenvalue weighted by Gasteiger charge is 2.41. The number of hydrogen-bond acceptors (Lipinski definition) is 6. The number of nitrogens with zero attached hydrogens (tertiary/aromatic N) is 2. The highest BCUT2D eigenvalue weighted by atomic mass is 16.2. The Bertz CT molecular complexity index is 1210. The number of imide groups is 6. The number of carbonyl (C=O) groups is 6. The molecule has 2 heterocycles. The lowest BCUT2D eigenvalue weighted by Crippen LogP contribution is -2.37. The molecule has 0 radical (unpaired) electrons. The fourth-order valence-electron chi connectivity index (χ4n) is 3.76. The van der Waals surface area contributed by atoms with Crippen molar-refractivity contribution in [2.24, 2.45) is 0 Å². The van der Waals surface area contributed by atoms with E-state index in [1.165, 1.54) is 48.5 Å². The molecule has 0 saturated carbocycles. The second kappa shape index (κ2) is 6.92. The van der Waals surface area contributed by atoms with Gasteiger partial charge in [0.15, 0.2) is 0 Å². The van der Waals surface area contributed by atoms with Crippen molar-refractivity contribution in [1.82, 2.24) is 9.80 Å². The van der Waals surface area contributed by atoms with E-state index in [1.807, 2.05) is 0 Å². The van der Waals surface area contributed by atoms with E-state index in [2.05, 4.69) is 0 Å². The van der Waals surface area contributed by atoms with Gasteiger partial charge in [0.2, 0.25) is 0 Å². The number of carbonyl (C=O) groups excluding carboxylic acids is 6. The molecule has 32 heavy (non-hydrogen) atoms. The number of benzene rings is 3. The van der Waals surface area contributed by atoms with Crippen LogP contribution in [0.4, 0.5) is 0 Å². The maximum atomic E-state index is 12.8. The van der Waals surface area contributed by atoms with E-state index in [0.29, 0.717) is 9.80 Å². The van der Waals surface area contributed by atoms with Gasteiger partial charge in [0.05, 0.1) is 22.3 Å². The second-order valence-corrected chi connectivity index (χ2v) is 7.17. The van der Waals surface area contributed by atoms with Gasteiger partial charge in [0, 0.05) is 11.1 Å². The van der Waals surface area contributed by atoms with Gasteiger partial charge in [-0.05, 0) is 48.5 Å². The van der Waals surface area contributed by atoms with Crippen molar-refractivity contribution in [3.05, 3.63) is 106 Å². The summed E-state index contributed by atoms with van der Waals surface area (Å²) >= 11 is 0. The Balaban J connectivity index is 1.40. The molecule has 0 unspecified atom stereocenters. The Hall–Kier alpha value is -4.72. The normalized spacial score (nSPS) is 14.6. The van der Waals surface area contributed by atoms with Gasteiger partial charge in [0.1, 0.15) is 0 Å². The lowest BCUT2D eigenvalue weighted by molar-refractivity contribution is 0.0540. The van der Waals surface area contributed by atoms with Gasteiger partial charge in [-0.1, -0.05) is 24.3 Å². The van der Waals surface area contributed by atoms with Gasteiger partial charge >= 0.3 is 0 Å². The summed E-state index contributed by atoms with van der Waals surface area (Å²) in [6.07, 6.45) is 0. The Morgan fingerprint density at radius 2 is 0.688 bits per heavy atom. The average Bonchev–Trinajstić information content (AvgIpc) is 3.23.